The van der Waals surface area contributed by atoms with Crippen LogP contribution < -0.4 is 5.73 Å². The fourth-order valence-electron chi connectivity index (χ4n) is 2.30. The van der Waals surface area contributed by atoms with Crippen LogP contribution in [0.1, 0.15) is 5.56 Å². The number of para-hydroxylation sites is 1. The summed E-state index contributed by atoms with van der Waals surface area (Å²) in [6.45, 7) is 3.36. The second kappa shape index (κ2) is 10.9. The molecule has 2 aromatic carbocycles. The summed E-state index contributed by atoms with van der Waals surface area (Å²) in [7, 11) is -3.42. The minimum Gasteiger partial charge on any atom is -0.477 e. The average molecular weight is 479 g/mol. The third kappa shape index (κ3) is 7.35. The molecule has 0 bridgehead atoms. The van der Waals surface area contributed by atoms with Gasteiger partial charge >= 0.3 is 5.97 Å². The van der Waals surface area contributed by atoms with E-state index in [1.54, 1.807) is 36.4 Å². The molecular weight excluding hydrogens is 460 g/mol. The second-order valence-electron chi connectivity index (χ2n) is 6.10. The molecular formula is C20H19ClN4O4S2. The molecule has 0 saturated carbocycles. The quantitative estimate of drug-likeness (QED) is 0.258. The summed E-state index contributed by atoms with van der Waals surface area (Å²) < 4.78 is 27.5. The maximum atomic E-state index is 11.9. The van der Waals surface area contributed by atoms with Crippen molar-refractivity contribution >= 4 is 62.5 Å². The molecule has 162 valence electrons. The van der Waals surface area contributed by atoms with Gasteiger partial charge < -0.3 is 10.8 Å². The van der Waals surface area contributed by atoms with Crippen LogP contribution in [-0.4, -0.2) is 49.8 Å². The molecule has 0 aromatic heterocycles. The summed E-state index contributed by atoms with van der Waals surface area (Å²) in [5, 5.41) is 9.84. The highest BCUT2D eigenvalue weighted by atomic mass is 35.5. The van der Waals surface area contributed by atoms with Gasteiger partial charge in [-0.3, -0.25) is 4.99 Å². The van der Waals surface area contributed by atoms with Gasteiger partial charge in [0.15, 0.2) is 9.84 Å². The molecule has 0 aliphatic carbocycles. The molecule has 2 rings (SSSR count). The lowest BCUT2D eigenvalue weighted by atomic mass is 10.2. The monoisotopic (exact) mass is 478 g/mol. The van der Waals surface area contributed by atoms with Gasteiger partial charge in [0.25, 0.3) is 0 Å². The van der Waals surface area contributed by atoms with Crippen LogP contribution in [0.5, 0.6) is 0 Å². The summed E-state index contributed by atoms with van der Waals surface area (Å²) in [5.41, 5.74) is 6.29. The maximum absolute atomic E-state index is 11.9. The first-order valence-electron chi connectivity index (χ1n) is 8.62. The van der Waals surface area contributed by atoms with Crippen molar-refractivity contribution in [2.24, 2.45) is 20.1 Å². The molecule has 0 aliphatic rings. The summed E-state index contributed by atoms with van der Waals surface area (Å²) in [5.74, 6) is -1.31. The fraction of sp³-hybridized carbons (Fsp3) is 0.100. The Morgan fingerprint density at radius 1 is 1.26 bits per heavy atom. The Morgan fingerprint density at radius 3 is 2.58 bits per heavy atom. The maximum Gasteiger partial charge on any atom is 0.351 e. The standard InChI is InChI=1S/C20H19ClN4O4S2/c1-23-30-19(13-6-5-7-15(10-13)31(2,28)29)24-12-14(11-17(22)20(26)27)25-18-9-4-3-8-16(18)21/h3-11H,1,12,22H2,2H3,(H,26,27)/b17-11-,24-19?,25-14?. The Hall–Kier alpha value is -2.95. The van der Waals surface area contributed by atoms with Gasteiger partial charge in [-0.2, -0.15) is 0 Å². The lowest BCUT2D eigenvalue weighted by Crippen LogP contribution is -2.14. The van der Waals surface area contributed by atoms with E-state index in [2.05, 4.69) is 21.1 Å². The van der Waals surface area contributed by atoms with Crippen LogP contribution in [0.15, 0.2) is 79.6 Å². The van der Waals surface area contributed by atoms with E-state index in [4.69, 9.17) is 22.4 Å². The van der Waals surface area contributed by atoms with Crippen LogP contribution in [0.4, 0.5) is 5.69 Å². The number of aliphatic imine (C=N–C) groups is 2. The Morgan fingerprint density at radius 2 is 1.97 bits per heavy atom. The van der Waals surface area contributed by atoms with Crippen molar-refractivity contribution in [3.05, 3.63) is 70.9 Å². The van der Waals surface area contributed by atoms with Crippen molar-refractivity contribution < 1.29 is 18.3 Å². The SMILES string of the molecule is C=NSC(=NCC(/C=C(\N)C(=O)O)=Nc1ccccc1Cl)c1cccc(S(C)(=O)=O)c1. The topological polar surface area (TPSA) is 135 Å². The lowest BCUT2D eigenvalue weighted by Gasteiger charge is -2.07. The Balaban J connectivity index is 2.50. The molecule has 8 nitrogen and oxygen atoms in total. The lowest BCUT2D eigenvalue weighted by molar-refractivity contribution is -0.132. The van der Waals surface area contributed by atoms with Crippen LogP contribution in [0, 0.1) is 0 Å². The van der Waals surface area contributed by atoms with E-state index in [1.807, 2.05) is 0 Å². The van der Waals surface area contributed by atoms with Gasteiger partial charge in [0.1, 0.15) is 10.7 Å². The van der Waals surface area contributed by atoms with Crippen molar-refractivity contribution in [1.29, 1.82) is 0 Å². The highest BCUT2D eigenvalue weighted by Crippen LogP contribution is 2.24. The second-order valence-corrected chi connectivity index (χ2v) is 9.35. The smallest absolute Gasteiger partial charge is 0.351 e. The van der Waals surface area contributed by atoms with Gasteiger partial charge in [0.05, 0.1) is 27.9 Å². The summed E-state index contributed by atoms with van der Waals surface area (Å²) >= 11 is 7.09. The van der Waals surface area contributed by atoms with Gasteiger partial charge in [-0.15, -0.1) is 0 Å². The fourth-order valence-corrected chi connectivity index (χ4v) is 3.62. The van der Waals surface area contributed by atoms with Crippen LogP contribution in [0.25, 0.3) is 0 Å². The minimum atomic E-state index is -3.42. The number of carboxylic acid groups (broad SMARTS) is 1. The zero-order valence-electron chi connectivity index (χ0n) is 16.4. The van der Waals surface area contributed by atoms with Crippen molar-refractivity contribution in [1.82, 2.24) is 0 Å². The molecule has 11 heteroatoms. The van der Waals surface area contributed by atoms with Crippen molar-refractivity contribution in [2.75, 3.05) is 12.8 Å². The van der Waals surface area contributed by atoms with E-state index in [9.17, 15) is 13.2 Å². The molecule has 0 fully saturated rings. The number of carboxylic acids is 1. The normalized spacial score (nSPS) is 13.2. The van der Waals surface area contributed by atoms with Gasteiger partial charge in [-0.05, 0) is 37.1 Å². The molecule has 0 amide bonds. The summed E-state index contributed by atoms with van der Waals surface area (Å²) in [6.07, 6.45) is 2.29. The molecule has 0 aliphatic heterocycles. The first kappa shape index (κ1) is 24.3. The number of hydrogen-bond acceptors (Lipinski definition) is 8. The third-order valence-electron chi connectivity index (χ3n) is 3.73. The minimum absolute atomic E-state index is 0.0693. The number of hydrogen-bond donors (Lipinski definition) is 2. The van der Waals surface area contributed by atoms with E-state index >= 15 is 0 Å². The third-order valence-corrected chi connectivity index (χ3v) is 5.83. The Bertz CT molecular complexity index is 1190. The number of halogens is 1. The number of benzene rings is 2. The molecule has 0 atom stereocenters. The van der Waals surface area contributed by atoms with Crippen molar-refractivity contribution in [3.8, 4) is 0 Å². The number of nitrogens with two attached hydrogens (primary N) is 1. The predicted molar refractivity (Wildman–Crippen MR) is 127 cm³/mol. The van der Waals surface area contributed by atoms with Gasteiger partial charge in [0.2, 0.25) is 0 Å². The van der Waals surface area contributed by atoms with Crippen LogP contribution in [0.2, 0.25) is 5.02 Å². The number of nitrogens with zero attached hydrogens (tertiary/aromatic N) is 3. The molecule has 31 heavy (non-hydrogen) atoms. The van der Waals surface area contributed by atoms with Crippen LogP contribution >= 0.6 is 23.5 Å². The molecule has 3 N–H and O–H groups in total. The first-order chi connectivity index (χ1) is 14.6. The molecule has 2 aromatic rings. The largest absolute Gasteiger partial charge is 0.477 e. The molecule has 0 heterocycles. The molecule has 0 saturated heterocycles. The molecule has 0 spiro atoms. The van der Waals surface area contributed by atoms with E-state index in [-0.39, 0.29) is 17.2 Å². The number of carbonyl (C=O) groups is 1. The average Bonchev–Trinajstić information content (AvgIpc) is 2.71. The van der Waals surface area contributed by atoms with Crippen molar-refractivity contribution in [2.45, 2.75) is 4.90 Å². The first-order valence-corrected chi connectivity index (χ1v) is 11.7. The predicted octanol–water partition coefficient (Wildman–Crippen LogP) is 3.54. The Kier molecular flexibility index (Phi) is 8.55. The number of sulfone groups is 1. The van der Waals surface area contributed by atoms with Crippen molar-refractivity contribution in [3.63, 3.8) is 0 Å². The molecule has 0 unspecified atom stereocenters. The highest BCUT2D eigenvalue weighted by molar-refractivity contribution is 8.13. The van der Waals surface area contributed by atoms with E-state index in [0.29, 0.717) is 21.3 Å². The highest BCUT2D eigenvalue weighted by Gasteiger charge is 2.12. The van der Waals surface area contributed by atoms with Gasteiger partial charge in [0, 0.05) is 23.8 Å². The zero-order chi connectivity index (χ0) is 23.0. The number of aliphatic carboxylic acids is 1. The van der Waals surface area contributed by atoms with Crippen LogP contribution in [0.3, 0.4) is 0 Å². The van der Waals surface area contributed by atoms with E-state index in [0.717, 1.165) is 18.2 Å². The molecule has 0 radical (unpaired) electrons. The summed E-state index contributed by atoms with van der Waals surface area (Å²) in [4.78, 5) is 20.1. The Labute approximate surface area is 189 Å². The zero-order valence-corrected chi connectivity index (χ0v) is 18.8. The number of rotatable bonds is 8. The van der Waals surface area contributed by atoms with E-state index in [1.165, 1.54) is 18.2 Å². The van der Waals surface area contributed by atoms with Crippen LogP contribution in [-0.2, 0) is 14.6 Å². The van der Waals surface area contributed by atoms with Gasteiger partial charge in [-0.25, -0.2) is 22.6 Å². The summed E-state index contributed by atoms with van der Waals surface area (Å²) in [6, 6.07) is 13.0. The van der Waals surface area contributed by atoms with Gasteiger partial charge in [-0.1, -0.05) is 35.9 Å². The van der Waals surface area contributed by atoms with E-state index < -0.39 is 21.5 Å².